The Bertz CT molecular complexity index is 388. The van der Waals surface area contributed by atoms with Gasteiger partial charge >= 0.3 is 0 Å². The summed E-state index contributed by atoms with van der Waals surface area (Å²) >= 11 is 0. The predicted molar refractivity (Wildman–Crippen MR) is 62.0 cm³/mol. The molecule has 0 aliphatic carbocycles. The van der Waals surface area contributed by atoms with Gasteiger partial charge < -0.3 is 10.4 Å². The molecule has 0 unspecified atom stereocenters. The largest absolute Gasteiger partial charge is 0.396 e. The van der Waals surface area contributed by atoms with E-state index >= 15 is 0 Å². The number of benzene rings is 1. The first-order valence-electron chi connectivity index (χ1n) is 5.56. The number of aliphatic hydroxyl groups is 1. The van der Waals surface area contributed by atoms with E-state index in [2.05, 4.69) is 5.32 Å². The molecule has 1 heterocycles. The fourth-order valence-corrected chi connectivity index (χ4v) is 1.86. The zero-order valence-electron chi connectivity index (χ0n) is 9.40. The van der Waals surface area contributed by atoms with Gasteiger partial charge in [-0.25, -0.2) is 4.39 Å². The molecule has 0 atom stereocenters. The highest BCUT2D eigenvalue weighted by atomic mass is 19.1. The quantitative estimate of drug-likeness (QED) is 0.811. The van der Waals surface area contributed by atoms with Gasteiger partial charge in [0.2, 0.25) is 5.91 Å². The lowest BCUT2D eigenvalue weighted by Crippen LogP contribution is -2.51. The molecule has 0 saturated carbocycles. The maximum Gasteiger partial charge on any atom is 0.238 e. The third-order valence-electron chi connectivity index (χ3n) is 2.79. The fourth-order valence-electron chi connectivity index (χ4n) is 1.86. The van der Waals surface area contributed by atoms with E-state index < -0.39 is 0 Å². The fraction of sp³-hybridized carbons (Fsp3) is 0.417. The van der Waals surface area contributed by atoms with Gasteiger partial charge in [-0.2, -0.15) is 0 Å². The SMILES string of the molecule is O=C(CN1CC(CO)C1)Nc1ccc(F)cc1. The van der Waals surface area contributed by atoms with E-state index in [9.17, 15) is 9.18 Å². The number of nitrogens with zero attached hydrogens (tertiary/aromatic N) is 1. The van der Waals surface area contributed by atoms with Crippen LogP contribution in [0.1, 0.15) is 0 Å². The van der Waals surface area contributed by atoms with Gasteiger partial charge in [-0.3, -0.25) is 9.69 Å². The van der Waals surface area contributed by atoms with Crippen LogP contribution in [0, 0.1) is 11.7 Å². The van der Waals surface area contributed by atoms with E-state index in [1.165, 1.54) is 24.3 Å². The second-order valence-corrected chi connectivity index (χ2v) is 4.30. The zero-order valence-corrected chi connectivity index (χ0v) is 9.40. The Hall–Kier alpha value is -1.46. The van der Waals surface area contributed by atoms with Crippen molar-refractivity contribution in [2.24, 2.45) is 5.92 Å². The third-order valence-corrected chi connectivity index (χ3v) is 2.79. The minimum atomic E-state index is -0.323. The molecule has 0 bridgehead atoms. The summed E-state index contributed by atoms with van der Waals surface area (Å²) in [5.74, 6) is -0.141. The summed E-state index contributed by atoms with van der Waals surface area (Å²) in [7, 11) is 0. The van der Waals surface area contributed by atoms with E-state index in [1.807, 2.05) is 4.90 Å². The molecule has 4 nitrogen and oxygen atoms in total. The lowest BCUT2D eigenvalue weighted by molar-refractivity contribution is -0.119. The molecule has 1 fully saturated rings. The summed E-state index contributed by atoms with van der Waals surface area (Å²) in [5, 5.41) is 11.5. The van der Waals surface area contributed by atoms with Crippen LogP contribution in [0.5, 0.6) is 0 Å². The van der Waals surface area contributed by atoms with Gasteiger partial charge in [0, 0.05) is 31.3 Å². The number of amides is 1. The second kappa shape index (κ2) is 5.25. The number of hydrogen-bond acceptors (Lipinski definition) is 3. The average molecular weight is 238 g/mol. The van der Waals surface area contributed by atoms with Gasteiger partial charge in [0.15, 0.2) is 0 Å². The molecule has 1 aliphatic rings. The summed E-state index contributed by atoms with van der Waals surface area (Å²) < 4.78 is 12.6. The van der Waals surface area contributed by atoms with E-state index in [0.717, 1.165) is 13.1 Å². The second-order valence-electron chi connectivity index (χ2n) is 4.30. The van der Waals surface area contributed by atoms with Crippen molar-refractivity contribution >= 4 is 11.6 Å². The molecule has 5 heteroatoms. The highest BCUT2D eigenvalue weighted by Crippen LogP contribution is 2.14. The number of halogens is 1. The predicted octanol–water partition coefficient (Wildman–Crippen LogP) is 0.688. The molecule has 0 aromatic heterocycles. The molecule has 1 aliphatic heterocycles. The van der Waals surface area contributed by atoms with Crippen molar-refractivity contribution < 1.29 is 14.3 Å². The van der Waals surface area contributed by atoms with Gasteiger partial charge in [0.1, 0.15) is 5.82 Å². The molecule has 2 N–H and O–H groups in total. The van der Waals surface area contributed by atoms with Crippen LogP contribution in [-0.2, 0) is 4.79 Å². The van der Waals surface area contributed by atoms with Gasteiger partial charge in [0.05, 0.1) is 6.54 Å². The molecule has 0 radical (unpaired) electrons. The Kier molecular flexibility index (Phi) is 3.71. The van der Waals surface area contributed by atoms with Crippen LogP contribution < -0.4 is 5.32 Å². The Morgan fingerprint density at radius 3 is 2.65 bits per heavy atom. The molecule has 17 heavy (non-hydrogen) atoms. The standard InChI is InChI=1S/C12H15FN2O2/c13-10-1-3-11(4-2-10)14-12(17)7-15-5-9(6-15)8-16/h1-4,9,16H,5-8H2,(H,14,17). The molecule has 1 aromatic rings. The van der Waals surface area contributed by atoms with Crippen molar-refractivity contribution in [1.82, 2.24) is 4.90 Å². The molecule has 1 saturated heterocycles. The molecule has 1 amide bonds. The van der Waals surface area contributed by atoms with Gasteiger partial charge in [-0.05, 0) is 24.3 Å². The van der Waals surface area contributed by atoms with Crippen molar-refractivity contribution in [3.8, 4) is 0 Å². The molecule has 92 valence electrons. The van der Waals surface area contributed by atoms with Crippen LogP contribution >= 0.6 is 0 Å². The summed E-state index contributed by atoms with van der Waals surface area (Å²) in [4.78, 5) is 13.5. The number of carbonyl (C=O) groups is 1. The minimum absolute atomic E-state index is 0.118. The molecule has 0 spiro atoms. The Morgan fingerprint density at radius 1 is 1.41 bits per heavy atom. The number of aliphatic hydroxyl groups excluding tert-OH is 1. The maximum absolute atomic E-state index is 12.6. The van der Waals surface area contributed by atoms with Crippen molar-refractivity contribution in [3.05, 3.63) is 30.1 Å². The molecule has 2 rings (SSSR count). The first-order chi connectivity index (χ1) is 8.17. The summed E-state index contributed by atoms with van der Waals surface area (Å²) in [6, 6.07) is 5.67. The van der Waals surface area contributed by atoms with Gasteiger partial charge in [0.25, 0.3) is 0 Å². The average Bonchev–Trinajstić information content (AvgIpc) is 2.26. The molecular weight excluding hydrogens is 223 g/mol. The van der Waals surface area contributed by atoms with Crippen LogP contribution in [0.2, 0.25) is 0 Å². The number of likely N-dealkylation sites (tertiary alicyclic amines) is 1. The maximum atomic E-state index is 12.6. The topological polar surface area (TPSA) is 52.6 Å². The Labute approximate surface area is 99.0 Å². The molecular formula is C12H15FN2O2. The van der Waals surface area contributed by atoms with Crippen LogP contribution in [0.15, 0.2) is 24.3 Å². The van der Waals surface area contributed by atoms with Crippen LogP contribution in [0.25, 0.3) is 0 Å². The Morgan fingerprint density at radius 2 is 2.06 bits per heavy atom. The zero-order chi connectivity index (χ0) is 12.3. The first kappa shape index (κ1) is 12.0. The van der Waals surface area contributed by atoms with Crippen LogP contribution in [0.4, 0.5) is 10.1 Å². The van der Waals surface area contributed by atoms with Crippen LogP contribution in [-0.4, -0.2) is 42.2 Å². The number of hydrogen-bond donors (Lipinski definition) is 2. The van der Waals surface area contributed by atoms with Crippen molar-refractivity contribution in [3.63, 3.8) is 0 Å². The summed E-state index contributed by atoms with van der Waals surface area (Å²) in [5.41, 5.74) is 0.593. The van der Waals surface area contributed by atoms with Gasteiger partial charge in [-0.1, -0.05) is 0 Å². The lowest BCUT2D eigenvalue weighted by Gasteiger charge is -2.37. The van der Waals surface area contributed by atoms with E-state index in [-0.39, 0.29) is 18.3 Å². The number of anilines is 1. The summed E-state index contributed by atoms with van der Waals surface area (Å²) in [6.45, 7) is 2.00. The van der Waals surface area contributed by atoms with E-state index in [4.69, 9.17) is 5.11 Å². The van der Waals surface area contributed by atoms with Crippen molar-refractivity contribution in [1.29, 1.82) is 0 Å². The number of rotatable bonds is 4. The first-order valence-corrected chi connectivity index (χ1v) is 5.56. The summed E-state index contributed by atoms with van der Waals surface area (Å²) in [6.07, 6.45) is 0. The third kappa shape index (κ3) is 3.25. The highest BCUT2D eigenvalue weighted by Gasteiger charge is 2.27. The number of nitrogens with one attached hydrogen (secondary N) is 1. The van der Waals surface area contributed by atoms with Crippen LogP contribution in [0.3, 0.4) is 0 Å². The smallest absolute Gasteiger partial charge is 0.238 e. The minimum Gasteiger partial charge on any atom is -0.396 e. The van der Waals surface area contributed by atoms with Gasteiger partial charge in [-0.15, -0.1) is 0 Å². The number of carbonyl (C=O) groups excluding carboxylic acids is 1. The highest BCUT2D eigenvalue weighted by molar-refractivity contribution is 5.92. The Balaban J connectivity index is 1.76. The van der Waals surface area contributed by atoms with Crippen molar-refractivity contribution in [2.75, 3.05) is 31.6 Å². The normalized spacial score (nSPS) is 16.6. The van der Waals surface area contributed by atoms with Crippen molar-refractivity contribution in [2.45, 2.75) is 0 Å². The monoisotopic (exact) mass is 238 g/mol. The lowest BCUT2D eigenvalue weighted by atomic mass is 10.0. The van der Waals surface area contributed by atoms with E-state index in [1.54, 1.807) is 0 Å². The van der Waals surface area contributed by atoms with E-state index in [0.29, 0.717) is 18.2 Å². The molecule has 1 aromatic carbocycles.